The summed E-state index contributed by atoms with van der Waals surface area (Å²) in [7, 11) is -9.56. The summed E-state index contributed by atoms with van der Waals surface area (Å²) in [5.41, 5.74) is 5.49. The van der Waals surface area contributed by atoms with Crippen molar-refractivity contribution in [2.75, 3.05) is 5.73 Å². The third kappa shape index (κ3) is 2.74. The van der Waals surface area contributed by atoms with Crippen LogP contribution in [0.15, 0.2) is 23.1 Å². The Labute approximate surface area is 83.8 Å². The number of rotatable bonds is 2. The summed E-state index contributed by atoms with van der Waals surface area (Å²) in [5, 5.41) is 0. The van der Waals surface area contributed by atoms with Crippen molar-refractivity contribution < 1.29 is 19.4 Å². The van der Waals surface area contributed by atoms with Crippen LogP contribution in [0.2, 0.25) is 0 Å². The molecule has 0 unspecified atom stereocenters. The van der Waals surface area contributed by atoms with E-state index in [0.29, 0.717) is 12.1 Å². The maximum atomic E-state index is 12.4. The number of aryl methyl sites for hydroxylation is 1. The van der Waals surface area contributed by atoms with Crippen molar-refractivity contribution in [2.24, 2.45) is 0 Å². The number of halogens is 5. The quantitative estimate of drug-likeness (QED) is 0.604. The minimum Gasteiger partial charge on any atom is -0.399 e. The molecule has 15 heavy (non-hydrogen) atoms. The van der Waals surface area contributed by atoms with Crippen molar-refractivity contribution in [3.63, 3.8) is 0 Å². The zero-order valence-electron chi connectivity index (χ0n) is 7.81. The molecular weight excluding hydrogens is 237 g/mol. The lowest BCUT2D eigenvalue weighted by atomic mass is 10.1. The predicted octanol–water partition coefficient (Wildman–Crippen LogP) is 4.49. The zero-order valence-corrected chi connectivity index (χ0v) is 8.63. The lowest BCUT2D eigenvalue weighted by Crippen LogP contribution is -2.07. The number of benzene rings is 1. The van der Waals surface area contributed by atoms with Crippen LogP contribution in [0.1, 0.15) is 12.5 Å². The van der Waals surface area contributed by atoms with Crippen LogP contribution in [0.5, 0.6) is 0 Å². The van der Waals surface area contributed by atoms with Crippen LogP contribution in [-0.4, -0.2) is 0 Å². The van der Waals surface area contributed by atoms with Gasteiger partial charge in [0.25, 0.3) is 0 Å². The molecule has 1 aromatic rings. The average Bonchev–Trinajstić information content (AvgIpc) is 2.00. The Morgan fingerprint density at radius 2 is 1.67 bits per heavy atom. The van der Waals surface area contributed by atoms with Gasteiger partial charge >= 0.3 is 10.2 Å². The van der Waals surface area contributed by atoms with Crippen molar-refractivity contribution >= 4 is 15.9 Å². The minimum absolute atomic E-state index is 0.0701. The van der Waals surface area contributed by atoms with E-state index in [2.05, 4.69) is 0 Å². The van der Waals surface area contributed by atoms with Gasteiger partial charge in [-0.3, -0.25) is 0 Å². The molecule has 1 aromatic carbocycles. The van der Waals surface area contributed by atoms with E-state index in [-0.39, 0.29) is 17.7 Å². The van der Waals surface area contributed by atoms with Gasteiger partial charge in [0.2, 0.25) is 0 Å². The molecule has 0 saturated heterocycles. The lowest BCUT2D eigenvalue weighted by Gasteiger charge is -2.40. The summed E-state index contributed by atoms with van der Waals surface area (Å²) < 4.78 is 61.8. The van der Waals surface area contributed by atoms with Gasteiger partial charge in [0.1, 0.15) is 4.90 Å². The monoisotopic (exact) mass is 247 g/mol. The van der Waals surface area contributed by atoms with Gasteiger partial charge in [-0.25, -0.2) is 0 Å². The minimum atomic E-state index is -9.56. The maximum Gasteiger partial charge on any atom is 0.310 e. The highest BCUT2D eigenvalue weighted by molar-refractivity contribution is 8.45. The molecule has 0 radical (unpaired) electrons. The number of hydrogen-bond acceptors (Lipinski definition) is 1. The normalized spacial score (nSPS) is 16.9. The van der Waals surface area contributed by atoms with Crippen molar-refractivity contribution in [2.45, 2.75) is 18.2 Å². The molecule has 0 amide bonds. The van der Waals surface area contributed by atoms with E-state index >= 15 is 0 Å². The molecule has 1 nitrogen and oxygen atoms in total. The first-order chi connectivity index (χ1) is 6.44. The van der Waals surface area contributed by atoms with Gasteiger partial charge in [-0.2, -0.15) is 0 Å². The molecule has 0 saturated carbocycles. The van der Waals surface area contributed by atoms with Gasteiger partial charge in [0.05, 0.1) is 0 Å². The van der Waals surface area contributed by atoms with Crippen LogP contribution in [-0.2, 0) is 6.42 Å². The summed E-state index contributed by atoms with van der Waals surface area (Å²) in [6.07, 6.45) is 0.174. The highest BCUT2D eigenvalue weighted by Gasteiger charge is 2.65. The third-order valence-electron chi connectivity index (χ3n) is 1.94. The maximum absolute atomic E-state index is 12.4. The molecule has 88 valence electrons. The number of nitrogen functional groups attached to an aromatic ring is 1. The number of nitrogens with two attached hydrogens (primary N) is 1. The molecule has 0 aliphatic rings. The van der Waals surface area contributed by atoms with Crippen molar-refractivity contribution in [1.82, 2.24) is 0 Å². The highest BCUT2D eigenvalue weighted by Crippen LogP contribution is 3.02. The molecule has 0 aliphatic heterocycles. The van der Waals surface area contributed by atoms with Crippen molar-refractivity contribution in [3.8, 4) is 0 Å². The van der Waals surface area contributed by atoms with Crippen molar-refractivity contribution in [1.29, 1.82) is 0 Å². The molecule has 0 aromatic heterocycles. The fourth-order valence-corrected chi connectivity index (χ4v) is 1.82. The third-order valence-corrected chi connectivity index (χ3v) is 3.09. The molecular formula is C8H10F5NS. The smallest absolute Gasteiger partial charge is 0.310 e. The summed E-state index contributed by atoms with van der Waals surface area (Å²) in [6.45, 7) is 1.54. The van der Waals surface area contributed by atoms with Gasteiger partial charge < -0.3 is 5.73 Å². The molecule has 0 fully saturated rings. The van der Waals surface area contributed by atoms with Gasteiger partial charge in [0.15, 0.2) is 0 Å². The molecule has 2 N–H and O–H groups in total. The van der Waals surface area contributed by atoms with Crippen LogP contribution < -0.4 is 5.73 Å². The van der Waals surface area contributed by atoms with E-state index in [1.165, 1.54) is 0 Å². The Balaban J connectivity index is 3.44. The van der Waals surface area contributed by atoms with Gasteiger partial charge in [-0.1, -0.05) is 26.4 Å². The van der Waals surface area contributed by atoms with Crippen molar-refractivity contribution in [3.05, 3.63) is 23.8 Å². The molecule has 0 bridgehead atoms. The Bertz CT molecular complexity index is 396. The lowest BCUT2D eigenvalue weighted by molar-refractivity contribution is 0.364. The first kappa shape index (κ1) is 12.1. The standard InChI is InChI=1S/C8H10F5NS/c1-2-6-5-7(3-4-8(6)14)15(9,10,11,12)13/h3-5H,2,14H2,1H3. The zero-order chi connectivity index (χ0) is 12.0. The highest BCUT2D eigenvalue weighted by atomic mass is 32.5. The van der Waals surface area contributed by atoms with Crippen LogP contribution in [0.4, 0.5) is 25.1 Å². The van der Waals surface area contributed by atoms with E-state index < -0.39 is 15.1 Å². The Morgan fingerprint density at radius 3 is 2.07 bits per heavy atom. The number of hydrogen-bond donors (Lipinski definition) is 1. The summed E-state index contributed by atoms with van der Waals surface area (Å²) >= 11 is 0. The molecule has 0 aliphatic carbocycles. The van der Waals surface area contributed by atoms with Crippen LogP contribution >= 0.6 is 10.2 Å². The van der Waals surface area contributed by atoms with E-state index in [1.807, 2.05) is 0 Å². The van der Waals surface area contributed by atoms with Crippen LogP contribution in [0.3, 0.4) is 0 Å². The molecule has 0 atom stereocenters. The Kier molecular flexibility index (Phi) is 2.08. The molecule has 7 heteroatoms. The topological polar surface area (TPSA) is 26.0 Å². The van der Waals surface area contributed by atoms with E-state index in [9.17, 15) is 19.4 Å². The molecule has 1 rings (SSSR count). The number of anilines is 1. The second-order valence-electron chi connectivity index (χ2n) is 3.18. The SMILES string of the molecule is CCc1cc(S(F)(F)(F)(F)F)ccc1N. The van der Waals surface area contributed by atoms with Gasteiger partial charge in [-0.05, 0) is 30.2 Å². The largest absolute Gasteiger partial charge is 0.399 e. The van der Waals surface area contributed by atoms with E-state index in [0.717, 1.165) is 6.07 Å². The Hall–Kier alpha value is -0.980. The summed E-state index contributed by atoms with van der Waals surface area (Å²) in [6, 6.07) is 1.58. The second kappa shape index (κ2) is 2.58. The Morgan fingerprint density at radius 1 is 1.13 bits per heavy atom. The first-order valence-electron chi connectivity index (χ1n) is 4.06. The summed E-state index contributed by atoms with van der Waals surface area (Å²) in [5.74, 6) is 0. The predicted molar refractivity (Wildman–Crippen MR) is 51.6 cm³/mol. The first-order valence-corrected chi connectivity index (χ1v) is 6.01. The van der Waals surface area contributed by atoms with Crippen LogP contribution in [0, 0.1) is 0 Å². The van der Waals surface area contributed by atoms with E-state index in [1.54, 1.807) is 6.92 Å². The molecule has 0 heterocycles. The second-order valence-corrected chi connectivity index (χ2v) is 5.59. The molecule has 0 spiro atoms. The van der Waals surface area contributed by atoms with Gasteiger partial charge in [0, 0.05) is 5.69 Å². The van der Waals surface area contributed by atoms with Gasteiger partial charge in [-0.15, -0.1) is 0 Å². The average molecular weight is 247 g/mol. The fraction of sp³-hybridized carbons (Fsp3) is 0.250. The summed E-state index contributed by atoms with van der Waals surface area (Å²) in [4.78, 5) is -1.89. The fourth-order valence-electron chi connectivity index (χ4n) is 1.13. The van der Waals surface area contributed by atoms with E-state index in [4.69, 9.17) is 5.73 Å². The van der Waals surface area contributed by atoms with Crippen LogP contribution in [0.25, 0.3) is 0 Å².